The molecule has 0 unspecified atom stereocenters. The van der Waals surface area contributed by atoms with Gasteiger partial charge in [0.15, 0.2) is 0 Å². The molecule has 0 radical (unpaired) electrons. The molecule has 2 aromatic heterocycles. The summed E-state index contributed by atoms with van der Waals surface area (Å²) in [5.41, 5.74) is 1.56. The van der Waals surface area contributed by atoms with Crippen LogP contribution in [0, 0.1) is 6.92 Å². The molecule has 7 heteroatoms. The van der Waals surface area contributed by atoms with Crippen molar-refractivity contribution in [1.29, 1.82) is 0 Å². The molecule has 0 saturated carbocycles. The van der Waals surface area contributed by atoms with Crippen molar-refractivity contribution in [3.63, 3.8) is 0 Å². The molecule has 0 aliphatic heterocycles. The van der Waals surface area contributed by atoms with Crippen molar-refractivity contribution >= 4 is 27.5 Å². The summed E-state index contributed by atoms with van der Waals surface area (Å²) < 4.78 is 12.1. The topological polar surface area (TPSA) is 70.4 Å². The number of aromatic nitrogens is 2. The summed E-state index contributed by atoms with van der Waals surface area (Å²) in [6.07, 6.45) is 4.33. The molecule has 0 aliphatic rings. The largest absolute Gasteiger partial charge is 0.494 e. The molecular weight excluding hydrogens is 388 g/mol. The average Bonchev–Trinajstić information content (AvgIpc) is 3.05. The molecule has 0 saturated heterocycles. The number of nitrogens with zero attached hydrogens (tertiary/aromatic N) is 2. The molecule has 2 heterocycles. The second kappa shape index (κ2) is 9.69. The van der Waals surface area contributed by atoms with E-state index in [2.05, 4.69) is 11.9 Å². The van der Waals surface area contributed by atoms with Crippen LogP contribution in [0.1, 0.15) is 38.0 Å². The van der Waals surface area contributed by atoms with Crippen LogP contribution in [-0.4, -0.2) is 28.7 Å². The van der Waals surface area contributed by atoms with Crippen molar-refractivity contribution in [1.82, 2.24) is 9.55 Å². The lowest BCUT2D eigenvalue weighted by Gasteiger charge is -2.08. The molecule has 3 rings (SSSR count). The Morgan fingerprint density at radius 3 is 2.62 bits per heavy atom. The van der Waals surface area contributed by atoms with E-state index in [0.29, 0.717) is 23.4 Å². The summed E-state index contributed by atoms with van der Waals surface area (Å²) in [6, 6.07) is 7.67. The van der Waals surface area contributed by atoms with Gasteiger partial charge in [-0.05, 0) is 38.0 Å². The van der Waals surface area contributed by atoms with E-state index in [0.717, 1.165) is 41.0 Å². The third kappa shape index (κ3) is 4.85. The number of unbranched alkanes of at least 4 members (excludes halogenated alkanes) is 2. The summed E-state index contributed by atoms with van der Waals surface area (Å²) in [4.78, 5) is 31.3. The van der Waals surface area contributed by atoms with E-state index in [4.69, 9.17) is 9.47 Å². The minimum atomic E-state index is -0.418. The van der Waals surface area contributed by atoms with Gasteiger partial charge < -0.3 is 9.47 Å². The number of thiophene rings is 1. The smallest absolute Gasteiger partial charge is 0.326 e. The van der Waals surface area contributed by atoms with Crippen LogP contribution in [0.15, 0.2) is 35.4 Å². The fraction of sp³-hybridized carbons (Fsp3) is 0.409. The van der Waals surface area contributed by atoms with Gasteiger partial charge in [0, 0.05) is 10.4 Å². The first-order valence-electron chi connectivity index (χ1n) is 9.92. The molecule has 0 fully saturated rings. The minimum Gasteiger partial charge on any atom is -0.494 e. The number of rotatable bonds is 9. The zero-order chi connectivity index (χ0) is 20.8. The summed E-state index contributed by atoms with van der Waals surface area (Å²) in [5, 5.41) is 0.540. The monoisotopic (exact) mass is 414 g/mol. The van der Waals surface area contributed by atoms with Crippen molar-refractivity contribution < 1.29 is 14.3 Å². The molecule has 154 valence electrons. The van der Waals surface area contributed by atoms with Gasteiger partial charge in [0.05, 0.1) is 24.9 Å². The van der Waals surface area contributed by atoms with Gasteiger partial charge >= 0.3 is 5.97 Å². The highest BCUT2D eigenvalue weighted by atomic mass is 32.1. The predicted octanol–water partition coefficient (Wildman–Crippen LogP) is 4.57. The molecule has 0 spiro atoms. The lowest BCUT2D eigenvalue weighted by Crippen LogP contribution is -2.25. The number of carbonyl (C=O) groups excluding carboxylic acids is 1. The quantitative estimate of drug-likeness (QED) is 0.379. The average molecular weight is 415 g/mol. The van der Waals surface area contributed by atoms with E-state index in [1.807, 2.05) is 38.1 Å². The zero-order valence-corrected chi connectivity index (χ0v) is 17.9. The number of ether oxygens (including phenoxy) is 2. The number of esters is 1. The molecule has 0 aliphatic carbocycles. The van der Waals surface area contributed by atoms with Crippen LogP contribution in [0.3, 0.4) is 0 Å². The first-order chi connectivity index (χ1) is 14.0. The fourth-order valence-electron chi connectivity index (χ4n) is 3.21. The molecule has 0 amide bonds. The first kappa shape index (κ1) is 21.0. The van der Waals surface area contributed by atoms with E-state index >= 15 is 0 Å². The Morgan fingerprint density at radius 1 is 1.17 bits per heavy atom. The minimum absolute atomic E-state index is 0.133. The third-order valence-corrected chi connectivity index (χ3v) is 5.63. The van der Waals surface area contributed by atoms with Crippen LogP contribution in [0.25, 0.3) is 21.3 Å². The van der Waals surface area contributed by atoms with Gasteiger partial charge in [-0.2, -0.15) is 0 Å². The van der Waals surface area contributed by atoms with Crippen LogP contribution in [0.2, 0.25) is 0 Å². The van der Waals surface area contributed by atoms with E-state index in [-0.39, 0.29) is 12.1 Å². The van der Waals surface area contributed by atoms with Crippen molar-refractivity contribution in [3.05, 3.63) is 45.8 Å². The Morgan fingerprint density at radius 2 is 1.93 bits per heavy atom. The Kier molecular flexibility index (Phi) is 7.04. The second-order valence-electron chi connectivity index (χ2n) is 6.78. The number of aryl methyl sites for hydroxylation is 1. The van der Waals surface area contributed by atoms with Crippen molar-refractivity contribution in [2.45, 2.75) is 46.6 Å². The van der Waals surface area contributed by atoms with E-state index < -0.39 is 5.97 Å². The fourth-order valence-corrected chi connectivity index (χ4v) is 4.21. The second-order valence-corrected chi connectivity index (χ2v) is 7.98. The Balaban J connectivity index is 1.90. The summed E-state index contributed by atoms with van der Waals surface area (Å²) in [7, 11) is 0. The van der Waals surface area contributed by atoms with Crippen LogP contribution >= 0.6 is 11.3 Å². The molecule has 0 bridgehead atoms. The number of benzene rings is 1. The van der Waals surface area contributed by atoms with E-state index in [1.165, 1.54) is 22.2 Å². The van der Waals surface area contributed by atoms with Gasteiger partial charge in [0.2, 0.25) is 0 Å². The van der Waals surface area contributed by atoms with Gasteiger partial charge in [-0.15, -0.1) is 11.3 Å². The maximum Gasteiger partial charge on any atom is 0.326 e. The van der Waals surface area contributed by atoms with Gasteiger partial charge in [-0.25, -0.2) is 4.98 Å². The first-order valence-corrected chi connectivity index (χ1v) is 10.7. The van der Waals surface area contributed by atoms with Crippen molar-refractivity contribution in [3.8, 4) is 16.9 Å². The molecule has 0 atom stereocenters. The van der Waals surface area contributed by atoms with Crippen LogP contribution in [0.4, 0.5) is 0 Å². The zero-order valence-electron chi connectivity index (χ0n) is 17.1. The molecular formula is C22H26N2O4S. The lowest BCUT2D eigenvalue weighted by molar-refractivity contribution is -0.144. The van der Waals surface area contributed by atoms with Gasteiger partial charge in [0.1, 0.15) is 17.1 Å². The molecule has 3 aromatic rings. The number of hydrogen-bond donors (Lipinski definition) is 0. The van der Waals surface area contributed by atoms with Gasteiger partial charge in [-0.3, -0.25) is 14.2 Å². The van der Waals surface area contributed by atoms with Gasteiger partial charge in [0.25, 0.3) is 5.56 Å². The Labute approximate surface area is 174 Å². The molecule has 0 N–H and O–H groups in total. The lowest BCUT2D eigenvalue weighted by atomic mass is 10.0. The molecule has 1 aromatic carbocycles. The third-order valence-electron chi connectivity index (χ3n) is 4.62. The van der Waals surface area contributed by atoms with E-state index in [9.17, 15) is 9.59 Å². The summed E-state index contributed by atoms with van der Waals surface area (Å²) in [6.45, 7) is 6.85. The Hall–Kier alpha value is -2.67. The van der Waals surface area contributed by atoms with Crippen LogP contribution < -0.4 is 10.3 Å². The van der Waals surface area contributed by atoms with Crippen molar-refractivity contribution in [2.75, 3.05) is 13.2 Å². The highest BCUT2D eigenvalue weighted by Crippen LogP contribution is 2.36. The number of hydrogen-bond acceptors (Lipinski definition) is 6. The molecule has 6 nitrogen and oxygen atoms in total. The molecule has 29 heavy (non-hydrogen) atoms. The number of fused-ring (bicyclic) bond motifs is 1. The normalized spacial score (nSPS) is 11.0. The van der Waals surface area contributed by atoms with Crippen LogP contribution in [0.5, 0.6) is 5.75 Å². The maximum atomic E-state index is 13.1. The Bertz CT molecular complexity index is 1040. The SMILES string of the molecule is CCCCCOC(=O)Cn1cnc2sc(C)c(-c3ccc(OCC)cc3)c2c1=O. The predicted molar refractivity (Wildman–Crippen MR) is 116 cm³/mol. The number of carbonyl (C=O) groups is 1. The summed E-state index contributed by atoms with van der Waals surface area (Å²) >= 11 is 1.48. The highest BCUT2D eigenvalue weighted by molar-refractivity contribution is 7.19. The van der Waals surface area contributed by atoms with E-state index in [1.54, 1.807) is 0 Å². The highest BCUT2D eigenvalue weighted by Gasteiger charge is 2.18. The van der Waals surface area contributed by atoms with Crippen molar-refractivity contribution in [2.24, 2.45) is 0 Å². The standard InChI is InChI=1S/C22H26N2O4S/c1-4-6-7-12-28-18(25)13-24-14-23-21-20(22(24)26)19(15(3)29-21)16-8-10-17(11-9-16)27-5-2/h8-11,14H,4-7,12-13H2,1-3H3. The summed E-state index contributed by atoms with van der Waals surface area (Å²) in [5.74, 6) is 0.369. The maximum absolute atomic E-state index is 13.1. The van der Waals surface area contributed by atoms with Crippen LogP contribution in [-0.2, 0) is 16.1 Å². The van der Waals surface area contributed by atoms with Gasteiger partial charge in [-0.1, -0.05) is 31.9 Å².